The molecule has 2 aliphatic carbocycles. The Balaban J connectivity index is 1.79. The van der Waals surface area contributed by atoms with Crippen LogP contribution in [0, 0.1) is 5.41 Å². The smallest absolute Gasteiger partial charge is 0.0693 e. The summed E-state index contributed by atoms with van der Waals surface area (Å²) in [6, 6.07) is 0.361. The standard InChI is InChI=1S/C14H27NO/c1-14(9-5-6-10-14)11-15-12-7-3-2-4-8-13(12)16/h12-13,15-16H,2-11H2,1H3. The Bertz CT molecular complexity index is 211. The summed E-state index contributed by atoms with van der Waals surface area (Å²) in [6.45, 7) is 3.50. The van der Waals surface area contributed by atoms with Crippen molar-refractivity contribution in [1.29, 1.82) is 0 Å². The largest absolute Gasteiger partial charge is 0.392 e. The van der Waals surface area contributed by atoms with E-state index >= 15 is 0 Å². The Morgan fingerprint density at radius 3 is 2.50 bits per heavy atom. The lowest BCUT2D eigenvalue weighted by Crippen LogP contribution is -2.43. The molecule has 0 saturated heterocycles. The molecule has 2 unspecified atom stereocenters. The van der Waals surface area contributed by atoms with Crippen molar-refractivity contribution in [1.82, 2.24) is 5.32 Å². The van der Waals surface area contributed by atoms with E-state index in [-0.39, 0.29) is 6.10 Å². The van der Waals surface area contributed by atoms with Crippen molar-refractivity contribution < 1.29 is 5.11 Å². The summed E-state index contributed by atoms with van der Waals surface area (Å²) >= 11 is 0. The molecule has 2 aliphatic rings. The van der Waals surface area contributed by atoms with Crippen LogP contribution in [-0.2, 0) is 0 Å². The first kappa shape index (κ1) is 12.4. The van der Waals surface area contributed by atoms with Gasteiger partial charge in [0.05, 0.1) is 6.10 Å². The van der Waals surface area contributed by atoms with Gasteiger partial charge in [0.2, 0.25) is 0 Å². The van der Waals surface area contributed by atoms with Crippen molar-refractivity contribution in [3.8, 4) is 0 Å². The third-order valence-electron chi connectivity index (χ3n) is 4.58. The molecular weight excluding hydrogens is 198 g/mol. The third kappa shape index (κ3) is 3.21. The van der Waals surface area contributed by atoms with Crippen molar-refractivity contribution in [3.05, 3.63) is 0 Å². The fraction of sp³-hybridized carbons (Fsp3) is 1.00. The van der Waals surface area contributed by atoms with Crippen LogP contribution in [0.2, 0.25) is 0 Å². The maximum absolute atomic E-state index is 10.0. The van der Waals surface area contributed by atoms with E-state index in [1.54, 1.807) is 0 Å². The van der Waals surface area contributed by atoms with Gasteiger partial charge in [-0.2, -0.15) is 0 Å². The van der Waals surface area contributed by atoms with E-state index in [1.165, 1.54) is 44.9 Å². The number of hydrogen-bond acceptors (Lipinski definition) is 2. The predicted octanol–water partition coefficient (Wildman–Crippen LogP) is 2.85. The Hall–Kier alpha value is -0.0800. The van der Waals surface area contributed by atoms with Crippen molar-refractivity contribution in [2.24, 2.45) is 5.41 Å². The van der Waals surface area contributed by atoms with Crippen LogP contribution in [0.15, 0.2) is 0 Å². The molecule has 2 atom stereocenters. The van der Waals surface area contributed by atoms with Gasteiger partial charge in [-0.15, -0.1) is 0 Å². The molecule has 2 nitrogen and oxygen atoms in total. The highest BCUT2D eigenvalue weighted by Crippen LogP contribution is 2.37. The zero-order chi connectivity index (χ0) is 11.4. The van der Waals surface area contributed by atoms with Crippen LogP contribution in [0.3, 0.4) is 0 Å². The molecule has 2 heteroatoms. The van der Waals surface area contributed by atoms with Gasteiger partial charge in [-0.3, -0.25) is 0 Å². The van der Waals surface area contributed by atoms with Crippen LogP contribution in [0.4, 0.5) is 0 Å². The van der Waals surface area contributed by atoms with E-state index in [4.69, 9.17) is 0 Å². The second kappa shape index (κ2) is 5.50. The maximum atomic E-state index is 10.0. The summed E-state index contributed by atoms with van der Waals surface area (Å²) in [4.78, 5) is 0. The number of nitrogens with one attached hydrogen (secondary N) is 1. The summed E-state index contributed by atoms with van der Waals surface area (Å²) in [5.41, 5.74) is 0.506. The first-order valence-electron chi connectivity index (χ1n) is 7.11. The Kier molecular flexibility index (Phi) is 4.26. The predicted molar refractivity (Wildman–Crippen MR) is 67.5 cm³/mol. The van der Waals surface area contributed by atoms with Gasteiger partial charge in [-0.1, -0.05) is 39.0 Å². The number of aliphatic hydroxyl groups is 1. The lowest BCUT2D eigenvalue weighted by atomic mass is 9.88. The molecule has 0 heterocycles. The van der Waals surface area contributed by atoms with Crippen molar-refractivity contribution in [2.45, 2.75) is 76.9 Å². The monoisotopic (exact) mass is 225 g/mol. The molecule has 0 aromatic carbocycles. The highest BCUT2D eigenvalue weighted by Gasteiger charge is 2.30. The molecule has 16 heavy (non-hydrogen) atoms. The maximum Gasteiger partial charge on any atom is 0.0693 e. The molecule has 2 N–H and O–H groups in total. The van der Waals surface area contributed by atoms with E-state index in [2.05, 4.69) is 12.2 Å². The summed E-state index contributed by atoms with van der Waals surface area (Å²) in [5, 5.41) is 13.7. The van der Waals surface area contributed by atoms with E-state index in [9.17, 15) is 5.11 Å². The molecule has 0 amide bonds. The SMILES string of the molecule is CC1(CNC2CCCCCC2O)CCCC1. The molecule has 2 saturated carbocycles. The quantitative estimate of drug-likeness (QED) is 0.724. The fourth-order valence-electron chi connectivity index (χ4n) is 3.31. The average Bonchev–Trinajstić information content (AvgIpc) is 2.58. The lowest BCUT2D eigenvalue weighted by molar-refractivity contribution is 0.112. The molecule has 0 radical (unpaired) electrons. The molecule has 94 valence electrons. The topological polar surface area (TPSA) is 32.3 Å². The van der Waals surface area contributed by atoms with Crippen LogP contribution in [0.5, 0.6) is 0 Å². The van der Waals surface area contributed by atoms with Crippen LogP contribution >= 0.6 is 0 Å². The number of hydrogen-bond donors (Lipinski definition) is 2. The Labute approximate surface area is 99.8 Å². The van der Waals surface area contributed by atoms with Crippen LogP contribution in [-0.4, -0.2) is 23.8 Å². The van der Waals surface area contributed by atoms with E-state index < -0.39 is 0 Å². The van der Waals surface area contributed by atoms with Gasteiger partial charge in [-0.05, 0) is 31.1 Å². The van der Waals surface area contributed by atoms with Crippen LogP contribution in [0.25, 0.3) is 0 Å². The third-order valence-corrected chi connectivity index (χ3v) is 4.58. The van der Waals surface area contributed by atoms with Crippen LogP contribution in [0.1, 0.15) is 64.7 Å². The molecule has 2 rings (SSSR count). The molecule has 0 spiro atoms. The molecule has 0 aliphatic heterocycles. The first-order chi connectivity index (χ1) is 7.70. The lowest BCUT2D eigenvalue weighted by Gasteiger charge is -2.29. The van der Waals surface area contributed by atoms with E-state index in [0.717, 1.165) is 19.4 Å². The summed E-state index contributed by atoms with van der Waals surface area (Å²) in [5.74, 6) is 0. The number of rotatable bonds is 3. The average molecular weight is 225 g/mol. The summed E-state index contributed by atoms with van der Waals surface area (Å²) in [6.07, 6.45) is 11.4. The minimum Gasteiger partial charge on any atom is -0.392 e. The number of aliphatic hydroxyl groups excluding tert-OH is 1. The van der Waals surface area contributed by atoms with Gasteiger partial charge in [0.15, 0.2) is 0 Å². The van der Waals surface area contributed by atoms with Gasteiger partial charge in [0.25, 0.3) is 0 Å². The van der Waals surface area contributed by atoms with Crippen LogP contribution < -0.4 is 5.32 Å². The van der Waals surface area contributed by atoms with Crippen molar-refractivity contribution in [3.63, 3.8) is 0 Å². The van der Waals surface area contributed by atoms with Crippen molar-refractivity contribution in [2.75, 3.05) is 6.54 Å². The van der Waals surface area contributed by atoms with Crippen molar-refractivity contribution >= 4 is 0 Å². The minimum absolute atomic E-state index is 0.104. The van der Waals surface area contributed by atoms with E-state index in [1.807, 2.05) is 0 Å². The molecule has 0 bridgehead atoms. The summed E-state index contributed by atoms with van der Waals surface area (Å²) < 4.78 is 0. The highest BCUT2D eigenvalue weighted by atomic mass is 16.3. The first-order valence-corrected chi connectivity index (χ1v) is 7.11. The van der Waals surface area contributed by atoms with Gasteiger partial charge in [-0.25, -0.2) is 0 Å². The molecular formula is C14H27NO. The molecule has 0 aromatic rings. The zero-order valence-electron chi connectivity index (χ0n) is 10.7. The molecule has 0 aromatic heterocycles. The minimum atomic E-state index is -0.104. The van der Waals surface area contributed by atoms with E-state index in [0.29, 0.717) is 11.5 Å². The second-order valence-electron chi connectivity index (χ2n) is 6.21. The van der Waals surface area contributed by atoms with Gasteiger partial charge >= 0.3 is 0 Å². The fourth-order valence-corrected chi connectivity index (χ4v) is 3.31. The second-order valence-corrected chi connectivity index (χ2v) is 6.21. The highest BCUT2D eigenvalue weighted by molar-refractivity contribution is 4.86. The normalized spacial score (nSPS) is 34.9. The van der Waals surface area contributed by atoms with Gasteiger partial charge in [0.1, 0.15) is 0 Å². The molecule has 2 fully saturated rings. The Morgan fingerprint density at radius 2 is 1.75 bits per heavy atom. The van der Waals surface area contributed by atoms with Gasteiger partial charge in [0, 0.05) is 12.6 Å². The Morgan fingerprint density at radius 1 is 1.06 bits per heavy atom. The van der Waals surface area contributed by atoms with Gasteiger partial charge < -0.3 is 10.4 Å². The zero-order valence-corrected chi connectivity index (χ0v) is 10.7. The summed E-state index contributed by atoms with van der Waals surface area (Å²) in [7, 11) is 0.